The van der Waals surface area contributed by atoms with Crippen LogP contribution in [0.1, 0.15) is 13.3 Å². The summed E-state index contributed by atoms with van der Waals surface area (Å²) in [7, 11) is 0. The highest BCUT2D eigenvalue weighted by Gasteiger charge is 2.58. The second kappa shape index (κ2) is 9.04. The molecule has 4 atom stereocenters. The first-order valence-corrected chi connectivity index (χ1v) is 10.8. The number of aromatic nitrogens is 1. The Bertz CT molecular complexity index is 827. The molecule has 0 radical (unpaired) electrons. The number of allylic oxidation sites excluding steroid dienone is 2. The third-order valence-corrected chi connectivity index (χ3v) is 6.07. The molecule has 2 amide bonds. The Morgan fingerprint density at radius 3 is 2.60 bits per heavy atom. The lowest BCUT2D eigenvalue weighted by Crippen LogP contribution is -2.40. The molecule has 1 aromatic rings. The molecular weight excluding hydrogens is 406 g/mol. The minimum absolute atomic E-state index is 0.0288. The van der Waals surface area contributed by atoms with Crippen molar-refractivity contribution < 1.29 is 14.3 Å². The number of carbonyl (C=O) groups is 2. The molecule has 2 heterocycles. The molecule has 1 saturated carbocycles. The molecule has 1 aliphatic heterocycles. The largest absolute Gasteiger partial charge is 0.476 e. The second-order valence-electron chi connectivity index (χ2n) is 7.68. The van der Waals surface area contributed by atoms with Crippen molar-refractivity contribution in [1.29, 1.82) is 0 Å². The van der Waals surface area contributed by atoms with Gasteiger partial charge in [0.05, 0.1) is 29.9 Å². The zero-order chi connectivity index (χ0) is 21.1. The molecule has 8 nitrogen and oxygen atoms in total. The van der Waals surface area contributed by atoms with Crippen LogP contribution >= 0.6 is 11.6 Å². The van der Waals surface area contributed by atoms with Gasteiger partial charge in [0.25, 0.3) is 0 Å². The highest BCUT2D eigenvalue weighted by Crippen LogP contribution is 2.52. The number of nitrogens with zero attached hydrogens (tertiary/aromatic N) is 3. The summed E-state index contributed by atoms with van der Waals surface area (Å²) in [4.78, 5) is 35.4. The summed E-state index contributed by atoms with van der Waals surface area (Å²) in [6.45, 7) is 4.27. The molecule has 2 N–H and O–H groups in total. The van der Waals surface area contributed by atoms with Crippen LogP contribution in [0.4, 0.5) is 0 Å². The molecule has 0 spiro atoms. The highest BCUT2D eigenvalue weighted by atomic mass is 35.5. The molecule has 2 aliphatic carbocycles. The number of nitrogens with one attached hydrogen (secondary N) is 2. The molecule has 160 valence electrons. The Hall–Kier alpha value is -2.61. The minimum Gasteiger partial charge on any atom is -0.476 e. The van der Waals surface area contributed by atoms with Crippen molar-refractivity contribution in [3.05, 3.63) is 35.5 Å². The van der Waals surface area contributed by atoms with Gasteiger partial charge in [0.15, 0.2) is 5.96 Å². The fraction of sp³-hybridized carbons (Fsp3) is 0.524. The van der Waals surface area contributed by atoms with Crippen LogP contribution in [0.3, 0.4) is 0 Å². The number of halogens is 1. The number of ether oxygens (including phenoxy) is 1. The van der Waals surface area contributed by atoms with Gasteiger partial charge >= 0.3 is 0 Å². The Labute approximate surface area is 180 Å². The maximum absolute atomic E-state index is 12.7. The monoisotopic (exact) mass is 431 g/mol. The van der Waals surface area contributed by atoms with Crippen LogP contribution in [0.2, 0.25) is 5.02 Å². The van der Waals surface area contributed by atoms with E-state index in [4.69, 9.17) is 16.3 Å². The molecule has 4 unspecified atom stereocenters. The van der Waals surface area contributed by atoms with Crippen LogP contribution in [-0.2, 0) is 9.59 Å². The first-order valence-electron chi connectivity index (χ1n) is 10.4. The van der Waals surface area contributed by atoms with Crippen molar-refractivity contribution in [2.24, 2.45) is 28.7 Å². The number of amides is 2. The fourth-order valence-corrected chi connectivity index (χ4v) is 4.67. The van der Waals surface area contributed by atoms with Gasteiger partial charge < -0.3 is 15.4 Å². The molecule has 4 rings (SSSR count). The standard InChI is InChI=1S/C21H26ClN5O3/c1-2-23-21(25-8-10-30-16-6-5-15(22)12-26-16)24-7-9-27-19(28)17-13-3-4-14(11-13)18(17)20(27)29/h3-6,12-14,17-18H,2,7-11H2,1H3,(H2,23,24,25). The van der Waals surface area contributed by atoms with Gasteiger partial charge in [-0.2, -0.15) is 0 Å². The van der Waals surface area contributed by atoms with E-state index < -0.39 is 0 Å². The minimum atomic E-state index is -0.151. The molecule has 1 saturated heterocycles. The molecule has 3 aliphatic rings. The predicted molar refractivity (Wildman–Crippen MR) is 113 cm³/mol. The number of imide groups is 1. The van der Waals surface area contributed by atoms with Gasteiger partial charge in [-0.15, -0.1) is 0 Å². The van der Waals surface area contributed by atoms with Crippen LogP contribution in [0.15, 0.2) is 35.5 Å². The van der Waals surface area contributed by atoms with E-state index in [0.717, 1.165) is 6.42 Å². The summed E-state index contributed by atoms with van der Waals surface area (Å²) >= 11 is 5.80. The molecule has 2 bridgehead atoms. The first kappa shape index (κ1) is 20.7. The van der Waals surface area contributed by atoms with Crippen molar-refractivity contribution in [3.63, 3.8) is 0 Å². The van der Waals surface area contributed by atoms with Crippen LogP contribution in [-0.4, -0.2) is 60.4 Å². The molecule has 1 aromatic heterocycles. The average molecular weight is 432 g/mol. The number of pyridine rings is 1. The van der Waals surface area contributed by atoms with Gasteiger partial charge in [-0.05, 0) is 31.2 Å². The van der Waals surface area contributed by atoms with Gasteiger partial charge in [0.2, 0.25) is 17.7 Å². The van der Waals surface area contributed by atoms with E-state index in [1.165, 1.54) is 11.1 Å². The molecule has 30 heavy (non-hydrogen) atoms. The van der Waals surface area contributed by atoms with Crippen molar-refractivity contribution in [2.75, 3.05) is 32.8 Å². The maximum atomic E-state index is 12.7. The number of rotatable bonds is 8. The number of likely N-dealkylation sites (tertiary alicyclic amines) is 1. The lowest BCUT2D eigenvalue weighted by molar-refractivity contribution is -0.140. The summed E-state index contributed by atoms with van der Waals surface area (Å²) in [5.74, 6) is 1.23. The van der Waals surface area contributed by atoms with Crippen molar-refractivity contribution in [3.8, 4) is 5.88 Å². The van der Waals surface area contributed by atoms with Crippen LogP contribution in [0.25, 0.3) is 0 Å². The lowest BCUT2D eigenvalue weighted by atomic mass is 9.85. The van der Waals surface area contributed by atoms with Gasteiger partial charge in [-0.1, -0.05) is 23.8 Å². The smallest absolute Gasteiger partial charge is 0.233 e. The number of aliphatic imine (C=N–C) groups is 1. The number of hydrogen-bond acceptors (Lipinski definition) is 5. The van der Waals surface area contributed by atoms with Gasteiger partial charge in [0.1, 0.15) is 6.61 Å². The average Bonchev–Trinajstić information content (AvgIpc) is 3.42. The summed E-state index contributed by atoms with van der Waals surface area (Å²) in [5, 5.41) is 6.89. The van der Waals surface area contributed by atoms with Gasteiger partial charge in [0, 0.05) is 25.4 Å². The van der Waals surface area contributed by atoms with Gasteiger partial charge in [-0.25, -0.2) is 4.98 Å². The van der Waals surface area contributed by atoms with Crippen molar-refractivity contribution in [2.45, 2.75) is 13.3 Å². The van der Waals surface area contributed by atoms with Crippen molar-refractivity contribution >= 4 is 29.4 Å². The van der Waals surface area contributed by atoms with Crippen LogP contribution in [0, 0.1) is 23.7 Å². The second-order valence-corrected chi connectivity index (χ2v) is 8.11. The van der Waals surface area contributed by atoms with E-state index in [2.05, 4.69) is 32.8 Å². The predicted octanol–water partition coefficient (Wildman–Crippen LogP) is 1.48. The quantitative estimate of drug-likeness (QED) is 0.213. The third-order valence-electron chi connectivity index (χ3n) is 5.84. The summed E-state index contributed by atoms with van der Waals surface area (Å²) < 4.78 is 5.55. The fourth-order valence-electron chi connectivity index (χ4n) is 4.56. The topological polar surface area (TPSA) is 95.9 Å². The summed E-state index contributed by atoms with van der Waals surface area (Å²) in [6, 6.07) is 3.43. The van der Waals surface area contributed by atoms with E-state index in [9.17, 15) is 9.59 Å². The van der Waals surface area contributed by atoms with Gasteiger partial charge in [-0.3, -0.25) is 19.5 Å². The lowest BCUT2D eigenvalue weighted by Gasteiger charge is -2.17. The number of guanidine groups is 1. The van der Waals surface area contributed by atoms with Crippen LogP contribution in [0.5, 0.6) is 5.88 Å². The number of fused-ring (bicyclic) bond motifs is 5. The summed E-state index contributed by atoms with van der Waals surface area (Å²) in [6.07, 6.45) is 6.69. The van der Waals surface area contributed by atoms with E-state index in [-0.39, 0.29) is 35.5 Å². The molecule has 0 aromatic carbocycles. The van der Waals surface area contributed by atoms with E-state index >= 15 is 0 Å². The summed E-state index contributed by atoms with van der Waals surface area (Å²) in [5.41, 5.74) is 0. The van der Waals surface area contributed by atoms with E-state index in [1.54, 1.807) is 12.1 Å². The Balaban J connectivity index is 1.24. The molecule has 2 fully saturated rings. The zero-order valence-corrected chi connectivity index (χ0v) is 17.6. The normalized spacial score (nSPS) is 27.0. The number of carbonyl (C=O) groups excluding carboxylic acids is 2. The van der Waals surface area contributed by atoms with E-state index in [0.29, 0.717) is 49.6 Å². The van der Waals surface area contributed by atoms with Crippen LogP contribution < -0.4 is 15.4 Å². The maximum Gasteiger partial charge on any atom is 0.233 e. The number of hydrogen-bond donors (Lipinski definition) is 2. The molecule has 9 heteroatoms. The Morgan fingerprint density at radius 1 is 1.23 bits per heavy atom. The SMILES string of the molecule is CCNC(=NCCN1C(=O)C2C3C=CC(C3)C2C1=O)NCCOc1ccc(Cl)cn1. The molecular formula is C21H26ClN5O3. The van der Waals surface area contributed by atoms with Crippen molar-refractivity contribution in [1.82, 2.24) is 20.5 Å². The zero-order valence-electron chi connectivity index (χ0n) is 16.9. The Kier molecular flexibility index (Phi) is 6.22. The first-order chi connectivity index (χ1) is 14.6. The van der Waals surface area contributed by atoms with E-state index in [1.807, 2.05) is 6.92 Å². The Morgan fingerprint density at radius 2 is 1.97 bits per heavy atom. The highest BCUT2D eigenvalue weighted by molar-refractivity contribution is 6.30. The third kappa shape index (κ3) is 4.14.